The van der Waals surface area contributed by atoms with Crippen molar-refractivity contribution in [2.45, 2.75) is 38.3 Å². The molecule has 122 valence electrons. The molecular weight excluding hydrogens is 316 g/mol. The van der Waals surface area contributed by atoms with Gasteiger partial charge in [-0.15, -0.1) is 0 Å². The number of nitrogens with zero attached hydrogens (tertiary/aromatic N) is 2. The van der Waals surface area contributed by atoms with Crippen LogP contribution in [0, 0.1) is 0 Å². The van der Waals surface area contributed by atoms with Crippen LogP contribution in [0.2, 0.25) is 5.02 Å². The zero-order valence-corrected chi connectivity index (χ0v) is 13.8. The Morgan fingerprint density at radius 2 is 2.17 bits per heavy atom. The minimum absolute atomic E-state index is 0.301. The molecule has 1 aromatic carbocycles. The van der Waals surface area contributed by atoms with Gasteiger partial charge in [0.25, 0.3) is 0 Å². The minimum Gasteiger partial charge on any atom is -0.405 e. The predicted octanol–water partition coefficient (Wildman–Crippen LogP) is 3.04. The fourth-order valence-electron chi connectivity index (χ4n) is 2.68. The summed E-state index contributed by atoms with van der Waals surface area (Å²) in [6, 6.07) is 6.39. The monoisotopic (exact) mass is 334 g/mol. The van der Waals surface area contributed by atoms with Crippen LogP contribution in [0.1, 0.15) is 31.7 Å². The maximum Gasteiger partial charge on any atom is 0.343 e. The van der Waals surface area contributed by atoms with Gasteiger partial charge in [-0.2, -0.15) is 0 Å². The second-order valence-electron chi connectivity index (χ2n) is 5.71. The molecule has 0 aromatic heterocycles. The Bertz CT molecular complexity index is 634. The molecule has 5 nitrogen and oxygen atoms in total. The summed E-state index contributed by atoms with van der Waals surface area (Å²) in [5, 5.41) is 0.627. The standard InChI is InChI=1S/C17H19ClN2O3/c1-11(19-9-8-14-3-2-10-22-14)15-17(21)23-16(20-15)12-4-6-13(18)7-5-12/h4-7,14-15H,2-3,8-10H2,1H3/t14-,15?/m0/s1. The van der Waals surface area contributed by atoms with Crippen molar-refractivity contribution < 1.29 is 14.3 Å². The first kappa shape index (κ1) is 16.1. The lowest BCUT2D eigenvalue weighted by molar-refractivity contribution is -0.133. The van der Waals surface area contributed by atoms with Crippen molar-refractivity contribution in [3.05, 3.63) is 34.9 Å². The molecule has 2 aliphatic heterocycles. The molecule has 1 aromatic rings. The van der Waals surface area contributed by atoms with Gasteiger partial charge in [-0.25, -0.2) is 9.79 Å². The Morgan fingerprint density at radius 1 is 1.39 bits per heavy atom. The quantitative estimate of drug-likeness (QED) is 0.614. The summed E-state index contributed by atoms with van der Waals surface area (Å²) in [4.78, 5) is 20.8. The van der Waals surface area contributed by atoms with E-state index in [0.29, 0.717) is 29.3 Å². The smallest absolute Gasteiger partial charge is 0.343 e. The minimum atomic E-state index is -0.648. The largest absolute Gasteiger partial charge is 0.405 e. The number of rotatable bonds is 5. The number of ether oxygens (including phenoxy) is 2. The molecule has 0 amide bonds. The number of carbonyl (C=O) groups excluding carboxylic acids is 1. The van der Waals surface area contributed by atoms with Gasteiger partial charge in [-0.05, 0) is 50.5 Å². The van der Waals surface area contributed by atoms with Crippen molar-refractivity contribution in [1.29, 1.82) is 0 Å². The van der Waals surface area contributed by atoms with Crippen LogP contribution in [-0.2, 0) is 14.3 Å². The summed E-state index contributed by atoms with van der Waals surface area (Å²) in [7, 11) is 0. The average molecular weight is 335 g/mol. The Balaban J connectivity index is 1.63. The number of hydrogen-bond acceptors (Lipinski definition) is 5. The van der Waals surface area contributed by atoms with Gasteiger partial charge in [0, 0.05) is 29.4 Å². The van der Waals surface area contributed by atoms with E-state index in [1.54, 1.807) is 24.3 Å². The summed E-state index contributed by atoms with van der Waals surface area (Å²) >= 11 is 5.86. The van der Waals surface area contributed by atoms with E-state index in [9.17, 15) is 4.79 Å². The summed E-state index contributed by atoms with van der Waals surface area (Å²) in [6.07, 6.45) is 3.40. The second kappa shape index (κ2) is 7.23. The molecule has 0 saturated carbocycles. The van der Waals surface area contributed by atoms with Crippen molar-refractivity contribution in [1.82, 2.24) is 0 Å². The van der Waals surface area contributed by atoms with Gasteiger partial charge >= 0.3 is 5.97 Å². The Hall–Kier alpha value is -1.72. The van der Waals surface area contributed by atoms with Crippen molar-refractivity contribution >= 4 is 29.2 Å². The second-order valence-corrected chi connectivity index (χ2v) is 6.15. The zero-order valence-electron chi connectivity index (χ0n) is 13.0. The third kappa shape index (κ3) is 3.98. The molecular formula is C17H19ClN2O3. The van der Waals surface area contributed by atoms with E-state index in [1.165, 1.54) is 0 Å². The van der Waals surface area contributed by atoms with Crippen LogP contribution < -0.4 is 0 Å². The van der Waals surface area contributed by atoms with Crippen molar-refractivity contribution in [3.8, 4) is 0 Å². The third-order valence-electron chi connectivity index (χ3n) is 3.99. The lowest BCUT2D eigenvalue weighted by Crippen LogP contribution is -2.23. The highest BCUT2D eigenvalue weighted by Gasteiger charge is 2.32. The first-order valence-electron chi connectivity index (χ1n) is 7.81. The summed E-state index contributed by atoms with van der Waals surface area (Å²) in [5.74, 6) is -0.0568. The SMILES string of the molecule is CC(=NCC[C@@H]1CCCO1)C1N=C(c2ccc(Cl)cc2)OC1=O. The number of hydrogen-bond donors (Lipinski definition) is 0. The number of esters is 1. The molecule has 0 spiro atoms. The van der Waals surface area contributed by atoms with E-state index in [0.717, 1.165) is 31.4 Å². The van der Waals surface area contributed by atoms with E-state index in [-0.39, 0.29) is 5.97 Å². The van der Waals surface area contributed by atoms with Crippen LogP contribution in [-0.4, -0.2) is 42.9 Å². The first-order valence-corrected chi connectivity index (χ1v) is 8.19. The summed E-state index contributed by atoms with van der Waals surface area (Å²) in [5.41, 5.74) is 1.41. The molecule has 0 bridgehead atoms. The van der Waals surface area contributed by atoms with Gasteiger partial charge in [0.2, 0.25) is 5.90 Å². The van der Waals surface area contributed by atoms with E-state index >= 15 is 0 Å². The normalized spacial score (nSPS) is 24.7. The van der Waals surface area contributed by atoms with E-state index < -0.39 is 6.04 Å². The van der Waals surface area contributed by atoms with Gasteiger partial charge in [0.1, 0.15) is 0 Å². The zero-order chi connectivity index (χ0) is 16.2. The molecule has 2 heterocycles. The summed E-state index contributed by atoms with van der Waals surface area (Å²) < 4.78 is 10.8. The molecule has 0 aliphatic carbocycles. The number of halogens is 1. The maximum atomic E-state index is 12.0. The van der Waals surface area contributed by atoms with E-state index in [2.05, 4.69) is 9.98 Å². The molecule has 23 heavy (non-hydrogen) atoms. The van der Waals surface area contributed by atoms with Crippen LogP contribution in [0.25, 0.3) is 0 Å². The molecule has 6 heteroatoms. The van der Waals surface area contributed by atoms with Crippen molar-refractivity contribution in [2.75, 3.05) is 13.2 Å². The van der Waals surface area contributed by atoms with Crippen LogP contribution in [0.3, 0.4) is 0 Å². The van der Waals surface area contributed by atoms with Gasteiger partial charge in [-0.1, -0.05) is 11.6 Å². The van der Waals surface area contributed by atoms with Crippen molar-refractivity contribution in [2.24, 2.45) is 9.98 Å². The molecule has 3 rings (SSSR count). The Kier molecular flexibility index (Phi) is 5.08. The lowest BCUT2D eigenvalue weighted by Gasteiger charge is -2.07. The van der Waals surface area contributed by atoms with E-state index in [1.807, 2.05) is 6.92 Å². The van der Waals surface area contributed by atoms with Gasteiger partial charge in [-0.3, -0.25) is 4.99 Å². The fourth-order valence-corrected chi connectivity index (χ4v) is 2.81. The highest BCUT2D eigenvalue weighted by atomic mass is 35.5. The number of aliphatic imine (C=N–C) groups is 2. The topological polar surface area (TPSA) is 60.3 Å². The third-order valence-corrected chi connectivity index (χ3v) is 4.24. The molecule has 2 atom stereocenters. The molecule has 1 fully saturated rings. The average Bonchev–Trinajstić information content (AvgIpc) is 3.17. The van der Waals surface area contributed by atoms with Gasteiger partial charge < -0.3 is 9.47 Å². The van der Waals surface area contributed by atoms with E-state index in [4.69, 9.17) is 21.1 Å². The predicted molar refractivity (Wildman–Crippen MR) is 89.4 cm³/mol. The number of cyclic esters (lactones) is 1. The molecule has 1 unspecified atom stereocenters. The fraction of sp³-hybridized carbons (Fsp3) is 0.471. The van der Waals surface area contributed by atoms with Gasteiger partial charge in [0.15, 0.2) is 6.04 Å². The number of benzene rings is 1. The van der Waals surface area contributed by atoms with Crippen LogP contribution in [0.15, 0.2) is 34.3 Å². The van der Waals surface area contributed by atoms with Crippen LogP contribution in [0.4, 0.5) is 0 Å². The van der Waals surface area contributed by atoms with Crippen LogP contribution in [0.5, 0.6) is 0 Å². The highest BCUT2D eigenvalue weighted by molar-refractivity contribution is 6.30. The molecule has 2 aliphatic rings. The Morgan fingerprint density at radius 3 is 2.87 bits per heavy atom. The maximum absolute atomic E-state index is 12.0. The van der Waals surface area contributed by atoms with Crippen molar-refractivity contribution in [3.63, 3.8) is 0 Å². The first-order chi connectivity index (χ1) is 11.1. The molecule has 1 saturated heterocycles. The highest BCUT2D eigenvalue weighted by Crippen LogP contribution is 2.18. The molecule has 0 N–H and O–H groups in total. The number of carbonyl (C=O) groups is 1. The van der Waals surface area contributed by atoms with Gasteiger partial charge in [0.05, 0.1) is 6.10 Å². The Labute approximate surface area is 140 Å². The lowest BCUT2D eigenvalue weighted by atomic mass is 10.2. The molecule has 0 radical (unpaired) electrons. The van der Waals surface area contributed by atoms with Crippen LogP contribution >= 0.6 is 11.6 Å². The summed E-state index contributed by atoms with van der Waals surface area (Å²) in [6.45, 7) is 3.30.